The molecule has 2 aromatic rings. The highest BCUT2D eigenvalue weighted by Crippen LogP contribution is 2.31. The minimum atomic E-state index is -0.937. The summed E-state index contributed by atoms with van der Waals surface area (Å²) in [5.41, 5.74) is 2.06. The van der Waals surface area contributed by atoms with Crippen molar-refractivity contribution < 1.29 is 23.8 Å². The molecule has 7 heteroatoms. The summed E-state index contributed by atoms with van der Waals surface area (Å²) in [6.45, 7) is 4.31. The SMILES string of the molecule is Cc1c(Cl)cccc1NC(=O)[C@@H](C)OC(=O)Cc1ccc2c(c1)OCCO2. The molecule has 3 rings (SSSR count). The molecular formula is C20H20ClNO5. The van der Waals surface area contributed by atoms with Crippen molar-refractivity contribution in [1.82, 2.24) is 0 Å². The van der Waals surface area contributed by atoms with Crippen molar-refractivity contribution in [3.05, 3.63) is 52.5 Å². The first-order chi connectivity index (χ1) is 12.9. The maximum absolute atomic E-state index is 12.3. The third-order valence-corrected chi connectivity index (χ3v) is 4.57. The normalized spacial score (nSPS) is 13.6. The molecule has 27 heavy (non-hydrogen) atoms. The molecule has 1 amide bonds. The second kappa shape index (κ2) is 8.31. The van der Waals surface area contributed by atoms with Gasteiger partial charge < -0.3 is 19.5 Å². The number of amides is 1. The molecule has 6 nitrogen and oxygen atoms in total. The number of nitrogens with one attached hydrogen (secondary N) is 1. The van der Waals surface area contributed by atoms with Crippen molar-refractivity contribution >= 4 is 29.2 Å². The van der Waals surface area contributed by atoms with Gasteiger partial charge in [0.15, 0.2) is 17.6 Å². The summed E-state index contributed by atoms with van der Waals surface area (Å²) in [7, 11) is 0. The van der Waals surface area contributed by atoms with E-state index in [1.54, 1.807) is 43.3 Å². The maximum atomic E-state index is 12.3. The monoisotopic (exact) mass is 389 g/mol. The molecule has 0 saturated carbocycles. The number of halogens is 1. The van der Waals surface area contributed by atoms with E-state index in [0.29, 0.717) is 35.4 Å². The van der Waals surface area contributed by atoms with Crippen molar-refractivity contribution in [2.24, 2.45) is 0 Å². The van der Waals surface area contributed by atoms with E-state index in [1.807, 2.05) is 0 Å². The maximum Gasteiger partial charge on any atom is 0.311 e. The molecule has 1 atom stereocenters. The van der Waals surface area contributed by atoms with E-state index in [4.69, 9.17) is 25.8 Å². The number of ether oxygens (including phenoxy) is 3. The number of benzene rings is 2. The topological polar surface area (TPSA) is 73.9 Å². The van der Waals surface area contributed by atoms with E-state index in [1.165, 1.54) is 6.92 Å². The van der Waals surface area contributed by atoms with Crippen molar-refractivity contribution in [3.63, 3.8) is 0 Å². The van der Waals surface area contributed by atoms with Gasteiger partial charge in [0.2, 0.25) is 0 Å². The van der Waals surface area contributed by atoms with Crippen LogP contribution in [0.3, 0.4) is 0 Å². The molecule has 0 saturated heterocycles. The fraction of sp³-hybridized carbons (Fsp3) is 0.300. The van der Waals surface area contributed by atoms with Crippen LogP contribution in [0.5, 0.6) is 11.5 Å². The van der Waals surface area contributed by atoms with Crippen molar-refractivity contribution in [2.75, 3.05) is 18.5 Å². The van der Waals surface area contributed by atoms with E-state index in [0.717, 1.165) is 11.1 Å². The number of carbonyl (C=O) groups is 2. The molecule has 1 aliphatic heterocycles. The van der Waals surface area contributed by atoms with Gasteiger partial charge in [0.25, 0.3) is 5.91 Å². The Labute approximate surface area is 162 Å². The Kier molecular flexibility index (Phi) is 5.86. The van der Waals surface area contributed by atoms with Crippen LogP contribution in [0.15, 0.2) is 36.4 Å². The van der Waals surface area contributed by atoms with E-state index in [-0.39, 0.29) is 6.42 Å². The summed E-state index contributed by atoms with van der Waals surface area (Å²) in [5, 5.41) is 3.28. The number of anilines is 1. The summed E-state index contributed by atoms with van der Waals surface area (Å²) >= 11 is 6.05. The van der Waals surface area contributed by atoms with Crippen LogP contribution in [-0.4, -0.2) is 31.2 Å². The molecule has 0 fully saturated rings. The van der Waals surface area contributed by atoms with Gasteiger partial charge in [0, 0.05) is 10.7 Å². The molecule has 0 spiro atoms. The van der Waals surface area contributed by atoms with Gasteiger partial charge in [-0.25, -0.2) is 0 Å². The van der Waals surface area contributed by atoms with Crippen molar-refractivity contribution in [3.8, 4) is 11.5 Å². The summed E-state index contributed by atoms with van der Waals surface area (Å²) < 4.78 is 16.2. The third kappa shape index (κ3) is 4.71. The Bertz CT molecular complexity index is 867. The fourth-order valence-electron chi connectivity index (χ4n) is 2.63. The number of esters is 1. The first-order valence-corrected chi connectivity index (χ1v) is 8.96. The van der Waals surface area contributed by atoms with Crippen LogP contribution in [0.1, 0.15) is 18.1 Å². The van der Waals surface area contributed by atoms with E-state index in [9.17, 15) is 9.59 Å². The Morgan fingerprint density at radius 1 is 1.19 bits per heavy atom. The number of carbonyl (C=O) groups excluding carboxylic acids is 2. The lowest BCUT2D eigenvalue weighted by Crippen LogP contribution is -2.30. The molecule has 0 aromatic heterocycles. The number of hydrogen-bond donors (Lipinski definition) is 1. The third-order valence-electron chi connectivity index (χ3n) is 4.16. The van der Waals surface area contributed by atoms with Crippen LogP contribution in [0.2, 0.25) is 5.02 Å². The summed E-state index contributed by atoms with van der Waals surface area (Å²) in [4.78, 5) is 24.5. The van der Waals surface area contributed by atoms with Crippen molar-refractivity contribution in [1.29, 1.82) is 0 Å². The second-order valence-electron chi connectivity index (χ2n) is 6.19. The Balaban J connectivity index is 1.57. The highest BCUT2D eigenvalue weighted by atomic mass is 35.5. The van der Waals surface area contributed by atoms with Crippen LogP contribution in [-0.2, 0) is 20.7 Å². The van der Waals surface area contributed by atoms with Gasteiger partial charge in [-0.1, -0.05) is 23.7 Å². The van der Waals surface area contributed by atoms with Gasteiger partial charge in [-0.2, -0.15) is 0 Å². The van der Waals surface area contributed by atoms with Gasteiger partial charge in [-0.05, 0) is 49.2 Å². The number of hydrogen-bond acceptors (Lipinski definition) is 5. The lowest BCUT2D eigenvalue weighted by molar-refractivity contribution is -0.152. The van der Waals surface area contributed by atoms with Crippen LogP contribution >= 0.6 is 11.6 Å². The van der Waals surface area contributed by atoms with Gasteiger partial charge >= 0.3 is 5.97 Å². The lowest BCUT2D eigenvalue weighted by atomic mass is 10.1. The summed E-state index contributed by atoms with van der Waals surface area (Å²) in [6, 6.07) is 10.5. The van der Waals surface area contributed by atoms with E-state index < -0.39 is 18.0 Å². The molecule has 1 N–H and O–H groups in total. The zero-order chi connectivity index (χ0) is 19.4. The average molecular weight is 390 g/mol. The molecular weight excluding hydrogens is 370 g/mol. The highest BCUT2D eigenvalue weighted by molar-refractivity contribution is 6.31. The molecule has 0 unspecified atom stereocenters. The first-order valence-electron chi connectivity index (χ1n) is 8.58. The minimum absolute atomic E-state index is 0.0322. The Hall–Kier alpha value is -2.73. The Morgan fingerprint density at radius 2 is 1.93 bits per heavy atom. The molecule has 0 radical (unpaired) electrons. The molecule has 1 aliphatic rings. The summed E-state index contributed by atoms with van der Waals surface area (Å²) in [6.07, 6.45) is -0.905. The molecule has 142 valence electrons. The van der Waals surface area contributed by atoms with Crippen LogP contribution < -0.4 is 14.8 Å². The van der Waals surface area contributed by atoms with Crippen LogP contribution in [0, 0.1) is 6.92 Å². The van der Waals surface area contributed by atoms with Crippen LogP contribution in [0.25, 0.3) is 0 Å². The standard InChI is InChI=1S/C20H20ClNO5/c1-12-15(21)4-3-5-16(12)22-20(24)13(2)27-19(23)11-14-6-7-17-18(10-14)26-9-8-25-17/h3-7,10,13H,8-9,11H2,1-2H3,(H,22,24)/t13-/m1/s1. The van der Waals surface area contributed by atoms with Gasteiger partial charge in [-0.15, -0.1) is 0 Å². The Morgan fingerprint density at radius 3 is 2.70 bits per heavy atom. The molecule has 0 aliphatic carbocycles. The highest BCUT2D eigenvalue weighted by Gasteiger charge is 2.20. The van der Waals surface area contributed by atoms with E-state index in [2.05, 4.69) is 5.32 Å². The van der Waals surface area contributed by atoms with Gasteiger partial charge in [0.1, 0.15) is 13.2 Å². The smallest absolute Gasteiger partial charge is 0.311 e. The largest absolute Gasteiger partial charge is 0.486 e. The zero-order valence-electron chi connectivity index (χ0n) is 15.1. The van der Waals surface area contributed by atoms with Gasteiger partial charge in [-0.3, -0.25) is 9.59 Å². The number of fused-ring (bicyclic) bond motifs is 1. The fourth-order valence-corrected chi connectivity index (χ4v) is 2.81. The number of rotatable bonds is 5. The van der Waals surface area contributed by atoms with Crippen molar-refractivity contribution in [2.45, 2.75) is 26.4 Å². The average Bonchev–Trinajstić information content (AvgIpc) is 2.65. The molecule has 2 aromatic carbocycles. The molecule has 1 heterocycles. The second-order valence-corrected chi connectivity index (χ2v) is 6.60. The first kappa shape index (κ1) is 19.0. The zero-order valence-corrected chi connectivity index (χ0v) is 15.8. The predicted octanol–water partition coefficient (Wildman–Crippen LogP) is 3.53. The van der Waals surface area contributed by atoms with E-state index >= 15 is 0 Å². The van der Waals surface area contributed by atoms with Crippen LogP contribution in [0.4, 0.5) is 5.69 Å². The minimum Gasteiger partial charge on any atom is -0.486 e. The predicted molar refractivity (Wildman–Crippen MR) is 102 cm³/mol. The summed E-state index contributed by atoms with van der Waals surface area (Å²) in [5.74, 6) is 0.338. The quantitative estimate of drug-likeness (QED) is 0.792. The molecule has 0 bridgehead atoms. The lowest BCUT2D eigenvalue weighted by Gasteiger charge is -2.19. The van der Waals surface area contributed by atoms with Gasteiger partial charge in [0.05, 0.1) is 6.42 Å².